The first-order valence-electron chi connectivity index (χ1n) is 10.3. The first-order chi connectivity index (χ1) is 15.6. The summed E-state index contributed by atoms with van der Waals surface area (Å²) in [6.07, 6.45) is 1.60. The molecule has 0 aliphatic carbocycles. The fourth-order valence-corrected chi connectivity index (χ4v) is 3.86. The molecule has 1 aliphatic rings. The summed E-state index contributed by atoms with van der Waals surface area (Å²) in [7, 11) is 1.49. The van der Waals surface area contributed by atoms with E-state index in [1.54, 1.807) is 25.1 Å². The Hall–Kier alpha value is -2.65. The van der Waals surface area contributed by atoms with Crippen LogP contribution in [-0.2, 0) is 20.8 Å². The minimum absolute atomic E-state index is 0. The Bertz CT molecular complexity index is 1140. The molecule has 8 nitrogen and oxygen atoms in total. The van der Waals surface area contributed by atoms with Gasteiger partial charge in [0.15, 0.2) is 11.8 Å². The molecular weight excluding hydrogens is 469 g/mol. The van der Waals surface area contributed by atoms with Crippen molar-refractivity contribution in [3.8, 4) is 0 Å². The minimum Gasteiger partial charge on any atom is -1.00 e. The van der Waals surface area contributed by atoms with Crippen LogP contribution in [0, 0.1) is 0 Å². The molecule has 0 radical (unpaired) electrons. The number of hydrogen-bond acceptors (Lipinski definition) is 4. The number of halogens is 1. The van der Waals surface area contributed by atoms with Crippen molar-refractivity contribution < 1.29 is 55.3 Å². The molecule has 2 aromatic carbocycles. The van der Waals surface area contributed by atoms with E-state index in [-0.39, 0.29) is 37.4 Å². The van der Waals surface area contributed by atoms with Gasteiger partial charge < -0.3 is 22.1 Å². The fraction of sp³-hybridized carbons (Fsp3) is 0.250. The summed E-state index contributed by atoms with van der Waals surface area (Å²) < 4.78 is 0. The number of likely N-dealkylation sites (N-methyl/N-ethyl adjacent to an activating group) is 1. The molecule has 2 atom stereocenters. The van der Waals surface area contributed by atoms with E-state index in [4.69, 9.17) is 11.6 Å². The number of rotatable bonds is 7. The van der Waals surface area contributed by atoms with E-state index in [1.165, 1.54) is 18.1 Å². The number of ketones is 1. The van der Waals surface area contributed by atoms with E-state index >= 15 is 0 Å². The number of aliphatic carboxylic acids is 1. The molecule has 10 heteroatoms. The molecule has 2 aromatic rings. The van der Waals surface area contributed by atoms with Crippen LogP contribution in [-0.4, -0.2) is 46.8 Å². The standard InChI is InChI=1S/C24H24ClN3O5.Na.H/c1-14-13-28(2)23(32)21(22(14)31)27-24(33)26-19(12-20(29)30)17-7-3-5-15(10-17)9-16-6-4-8-18(25)11-16;;/h3-8,10-11,13,19,21H,9,12H2,1-2H3,(H,29,30)(H2,26,27,33);;/q;+1;-1. The number of hydrogen-bond donors (Lipinski definition) is 3. The molecule has 34 heavy (non-hydrogen) atoms. The molecule has 3 rings (SSSR count). The van der Waals surface area contributed by atoms with Gasteiger partial charge in [0.05, 0.1) is 12.5 Å². The largest absolute Gasteiger partial charge is 1.00 e. The third kappa shape index (κ3) is 7.17. The molecule has 3 amide bonds. The van der Waals surface area contributed by atoms with Gasteiger partial charge in [-0.15, -0.1) is 0 Å². The first-order valence-corrected chi connectivity index (χ1v) is 10.6. The van der Waals surface area contributed by atoms with Crippen LogP contribution in [0.4, 0.5) is 4.79 Å². The molecule has 0 fully saturated rings. The van der Waals surface area contributed by atoms with Gasteiger partial charge >= 0.3 is 41.6 Å². The number of carbonyl (C=O) groups excluding carboxylic acids is 3. The van der Waals surface area contributed by atoms with Crippen molar-refractivity contribution in [3.05, 3.63) is 82.0 Å². The van der Waals surface area contributed by atoms with Gasteiger partial charge in [0.25, 0.3) is 5.91 Å². The number of carboxylic acids is 1. The number of nitrogens with one attached hydrogen (secondary N) is 2. The first kappa shape index (κ1) is 27.6. The van der Waals surface area contributed by atoms with Gasteiger partial charge in [0, 0.05) is 23.8 Å². The smallest absolute Gasteiger partial charge is 1.00 e. The summed E-state index contributed by atoms with van der Waals surface area (Å²) in [5.41, 5.74) is 2.81. The van der Waals surface area contributed by atoms with Crippen molar-refractivity contribution in [2.24, 2.45) is 0 Å². The molecule has 0 aromatic heterocycles. The Morgan fingerprint density at radius 2 is 1.79 bits per heavy atom. The Kier molecular flexibility index (Phi) is 9.88. The van der Waals surface area contributed by atoms with Gasteiger partial charge in [-0.1, -0.05) is 48.0 Å². The molecule has 0 saturated carbocycles. The van der Waals surface area contributed by atoms with E-state index in [9.17, 15) is 24.3 Å². The average molecular weight is 494 g/mol. The SMILES string of the molecule is CC1=CN(C)C(=O)C(NC(=O)NC(CC(=O)O)c2cccc(Cc3cccc(Cl)c3)c2)C1=O.[H-].[Na+]. The molecular formula is C24H25ClN3NaO5. The maximum absolute atomic E-state index is 12.6. The molecule has 1 aliphatic heterocycles. The maximum atomic E-state index is 12.6. The van der Waals surface area contributed by atoms with Gasteiger partial charge in [0.2, 0.25) is 0 Å². The number of urea groups is 1. The summed E-state index contributed by atoms with van der Waals surface area (Å²) in [4.78, 5) is 49.9. The second kappa shape index (κ2) is 12.2. The molecule has 1 heterocycles. The number of nitrogens with zero attached hydrogens (tertiary/aromatic N) is 1. The Labute approximate surface area is 226 Å². The number of amides is 3. The second-order valence-corrected chi connectivity index (χ2v) is 8.31. The Morgan fingerprint density at radius 3 is 2.44 bits per heavy atom. The Morgan fingerprint density at radius 1 is 1.15 bits per heavy atom. The predicted octanol–water partition coefficient (Wildman–Crippen LogP) is 0.176. The Balaban J connectivity index is 0.00000306. The zero-order valence-electron chi connectivity index (χ0n) is 20.2. The number of benzene rings is 2. The number of carboxylic acid groups (broad SMARTS) is 1. The summed E-state index contributed by atoms with van der Waals surface area (Å²) in [5, 5.41) is 14.9. The van der Waals surface area contributed by atoms with Crippen LogP contribution in [0.5, 0.6) is 0 Å². The zero-order valence-corrected chi connectivity index (χ0v) is 21.9. The molecule has 2 unspecified atom stereocenters. The van der Waals surface area contributed by atoms with Crippen molar-refractivity contribution in [1.82, 2.24) is 15.5 Å². The van der Waals surface area contributed by atoms with E-state index < -0.39 is 35.8 Å². The summed E-state index contributed by atoms with van der Waals surface area (Å²) >= 11 is 6.05. The van der Waals surface area contributed by atoms with Crippen LogP contribution in [0.3, 0.4) is 0 Å². The fourth-order valence-electron chi connectivity index (χ4n) is 3.65. The molecule has 0 bridgehead atoms. The van der Waals surface area contributed by atoms with Gasteiger partial charge in [-0.3, -0.25) is 14.4 Å². The van der Waals surface area contributed by atoms with Gasteiger partial charge in [-0.2, -0.15) is 0 Å². The monoisotopic (exact) mass is 493 g/mol. The van der Waals surface area contributed by atoms with Crippen LogP contribution in [0.1, 0.15) is 37.5 Å². The third-order valence-corrected chi connectivity index (χ3v) is 5.48. The number of carbonyl (C=O) groups is 4. The van der Waals surface area contributed by atoms with E-state index in [1.807, 2.05) is 30.3 Å². The van der Waals surface area contributed by atoms with Crippen LogP contribution < -0.4 is 40.2 Å². The van der Waals surface area contributed by atoms with E-state index in [2.05, 4.69) is 10.6 Å². The normalized spacial score (nSPS) is 16.3. The topological polar surface area (TPSA) is 116 Å². The molecule has 3 N–H and O–H groups in total. The average Bonchev–Trinajstić information content (AvgIpc) is 2.75. The predicted molar refractivity (Wildman–Crippen MR) is 124 cm³/mol. The summed E-state index contributed by atoms with van der Waals surface area (Å²) in [5.74, 6) is -2.19. The quantitative estimate of drug-likeness (QED) is 0.376. The van der Waals surface area contributed by atoms with Gasteiger partial charge in [0.1, 0.15) is 0 Å². The van der Waals surface area contributed by atoms with E-state index in [0.29, 0.717) is 22.6 Å². The van der Waals surface area contributed by atoms with Crippen molar-refractivity contribution in [3.63, 3.8) is 0 Å². The van der Waals surface area contributed by atoms with Crippen LogP contribution in [0.15, 0.2) is 60.3 Å². The van der Waals surface area contributed by atoms with Crippen molar-refractivity contribution in [2.45, 2.75) is 31.8 Å². The van der Waals surface area contributed by atoms with Gasteiger partial charge in [-0.25, -0.2) is 4.79 Å². The van der Waals surface area contributed by atoms with Gasteiger partial charge in [-0.05, 0) is 42.2 Å². The zero-order chi connectivity index (χ0) is 24.1. The third-order valence-electron chi connectivity index (χ3n) is 5.24. The van der Waals surface area contributed by atoms with Crippen LogP contribution >= 0.6 is 11.6 Å². The summed E-state index contributed by atoms with van der Waals surface area (Å²) in [6, 6.07) is 11.6. The minimum atomic E-state index is -1.36. The van der Waals surface area contributed by atoms with Crippen LogP contribution in [0.25, 0.3) is 0 Å². The number of Topliss-reactive ketones (excluding diaryl/α,β-unsaturated/α-hetero) is 1. The molecule has 0 saturated heterocycles. The molecule has 174 valence electrons. The maximum Gasteiger partial charge on any atom is 1.00 e. The van der Waals surface area contributed by atoms with Crippen molar-refractivity contribution in [1.29, 1.82) is 0 Å². The molecule has 0 spiro atoms. The van der Waals surface area contributed by atoms with Crippen LogP contribution in [0.2, 0.25) is 5.02 Å². The van der Waals surface area contributed by atoms with Crippen molar-refractivity contribution in [2.75, 3.05) is 7.05 Å². The summed E-state index contributed by atoms with van der Waals surface area (Å²) in [6.45, 7) is 1.55. The van der Waals surface area contributed by atoms with E-state index in [0.717, 1.165) is 11.1 Å². The second-order valence-electron chi connectivity index (χ2n) is 7.88. The van der Waals surface area contributed by atoms with Crippen molar-refractivity contribution >= 4 is 35.3 Å².